The topological polar surface area (TPSA) is 46.8 Å². The maximum absolute atomic E-state index is 4.79. The average Bonchev–Trinajstić information content (AvgIpc) is 2.98. The molecule has 1 aromatic carbocycles. The van der Waals surface area contributed by atoms with Crippen LogP contribution in [0.2, 0.25) is 0 Å². The van der Waals surface area contributed by atoms with Crippen molar-refractivity contribution in [2.24, 2.45) is 0 Å². The van der Waals surface area contributed by atoms with Crippen LogP contribution >= 0.6 is 0 Å². The van der Waals surface area contributed by atoms with Crippen LogP contribution in [0.15, 0.2) is 18.2 Å². The maximum atomic E-state index is 4.79. The van der Waals surface area contributed by atoms with Crippen LogP contribution in [0.1, 0.15) is 49.1 Å². The van der Waals surface area contributed by atoms with E-state index in [-0.39, 0.29) is 0 Å². The quantitative estimate of drug-likeness (QED) is 0.647. The van der Waals surface area contributed by atoms with Gasteiger partial charge in [0.25, 0.3) is 0 Å². The number of benzene rings is 1. The summed E-state index contributed by atoms with van der Waals surface area (Å²) in [6, 6.07) is 6.51. The summed E-state index contributed by atoms with van der Waals surface area (Å²) in [5, 5.41) is 9.02. The smallest absolute Gasteiger partial charge is 0.186 e. The van der Waals surface area contributed by atoms with E-state index < -0.39 is 0 Å². The van der Waals surface area contributed by atoms with Gasteiger partial charge < -0.3 is 4.90 Å². The molecule has 3 rings (SSSR count). The number of pyridine rings is 1. The van der Waals surface area contributed by atoms with Crippen molar-refractivity contribution in [3.63, 3.8) is 0 Å². The Balaban J connectivity index is 2.20. The van der Waals surface area contributed by atoms with Crippen molar-refractivity contribution in [1.82, 2.24) is 20.0 Å². The molecule has 0 aliphatic carbocycles. The van der Waals surface area contributed by atoms with Crippen molar-refractivity contribution in [3.05, 3.63) is 40.6 Å². The Kier molecular flexibility index (Phi) is 5.25. The summed E-state index contributed by atoms with van der Waals surface area (Å²) < 4.78 is 1.91. The minimum Gasteiger partial charge on any atom is -0.370 e. The number of fused-ring (bicyclic) bond motifs is 1. The molecule has 0 saturated carbocycles. The van der Waals surface area contributed by atoms with Crippen molar-refractivity contribution < 1.29 is 0 Å². The third kappa shape index (κ3) is 3.30. The van der Waals surface area contributed by atoms with Gasteiger partial charge in [0.1, 0.15) is 0 Å². The van der Waals surface area contributed by atoms with Crippen molar-refractivity contribution in [2.75, 3.05) is 18.0 Å². The fourth-order valence-electron chi connectivity index (χ4n) is 3.70. The highest BCUT2D eigenvalue weighted by atomic mass is 15.4. The highest BCUT2D eigenvalue weighted by Crippen LogP contribution is 2.29. The lowest BCUT2D eigenvalue weighted by atomic mass is 10.1. The van der Waals surface area contributed by atoms with Gasteiger partial charge in [-0.2, -0.15) is 4.68 Å². The highest BCUT2D eigenvalue weighted by molar-refractivity contribution is 5.87. The molecule has 5 heteroatoms. The monoisotopic (exact) mass is 351 g/mol. The molecule has 0 amide bonds. The predicted octanol–water partition coefficient (Wildman–Crippen LogP) is 4.68. The Morgan fingerprint density at radius 2 is 1.69 bits per heavy atom. The molecule has 0 saturated heterocycles. The SMILES string of the molecule is CCCCN(CC)c1cc(C)nc2c1nnn2-c1c(C)cc(C)cc1C. The van der Waals surface area contributed by atoms with E-state index in [4.69, 9.17) is 4.98 Å². The molecule has 3 aromatic rings. The van der Waals surface area contributed by atoms with Gasteiger partial charge >= 0.3 is 0 Å². The first kappa shape index (κ1) is 18.4. The maximum Gasteiger partial charge on any atom is 0.186 e. The number of aryl methyl sites for hydroxylation is 4. The average molecular weight is 351 g/mol. The van der Waals surface area contributed by atoms with Gasteiger partial charge in [0.05, 0.1) is 11.4 Å². The van der Waals surface area contributed by atoms with Crippen molar-refractivity contribution >= 4 is 16.9 Å². The zero-order valence-electron chi connectivity index (χ0n) is 16.8. The molecular formula is C21H29N5. The molecule has 2 heterocycles. The number of unbranched alkanes of at least 4 members (excludes halogenated alkanes) is 1. The zero-order chi connectivity index (χ0) is 18.8. The zero-order valence-corrected chi connectivity index (χ0v) is 16.8. The summed E-state index contributed by atoms with van der Waals surface area (Å²) in [4.78, 5) is 7.17. The molecule has 0 spiro atoms. The Morgan fingerprint density at radius 3 is 2.31 bits per heavy atom. The molecule has 0 atom stereocenters. The fraction of sp³-hybridized carbons (Fsp3) is 0.476. The lowest BCUT2D eigenvalue weighted by molar-refractivity contribution is 0.733. The van der Waals surface area contributed by atoms with Crippen LogP contribution in [0.5, 0.6) is 0 Å². The molecule has 0 radical (unpaired) electrons. The second-order valence-electron chi connectivity index (χ2n) is 7.14. The number of aromatic nitrogens is 4. The number of hydrogen-bond acceptors (Lipinski definition) is 4. The number of rotatable bonds is 6. The largest absolute Gasteiger partial charge is 0.370 e. The molecule has 26 heavy (non-hydrogen) atoms. The van der Waals surface area contributed by atoms with Gasteiger partial charge in [-0.1, -0.05) is 36.3 Å². The Bertz CT molecular complexity index is 903. The Hall–Kier alpha value is -2.43. The first-order valence-corrected chi connectivity index (χ1v) is 9.52. The van der Waals surface area contributed by atoms with E-state index in [0.717, 1.165) is 41.3 Å². The van der Waals surface area contributed by atoms with Gasteiger partial charge in [0.15, 0.2) is 11.2 Å². The summed E-state index contributed by atoms with van der Waals surface area (Å²) in [5.74, 6) is 0. The lowest BCUT2D eigenvalue weighted by Crippen LogP contribution is -2.24. The second-order valence-corrected chi connectivity index (χ2v) is 7.14. The van der Waals surface area contributed by atoms with E-state index in [0.29, 0.717) is 0 Å². The molecule has 0 fully saturated rings. The Morgan fingerprint density at radius 1 is 1.00 bits per heavy atom. The van der Waals surface area contributed by atoms with Gasteiger partial charge in [0.2, 0.25) is 0 Å². The lowest BCUT2D eigenvalue weighted by Gasteiger charge is -2.23. The first-order chi connectivity index (χ1) is 12.5. The minimum absolute atomic E-state index is 0.838. The van der Waals surface area contributed by atoms with Crippen LogP contribution in [0.25, 0.3) is 16.9 Å². The van der Waals surface area contributed by atoms with E-state index >= 15 is 0 Å². The molecule has 0 unspecified atom stereocenters. The number of hydrogen-bond donors (Lipinski definition) is 0. The summed E-state index contributed by atoms with van der Waals surface area (Å²) >= 11 is 0. The summed E-state index contributed by atoms with van der Waals surface area (Å²) in [5.41, 5.74) is 8.58. The molecule has 5 nitrogen and oxygen atoms in total. The second kappa shape index (κ2) is 7.44. The molecule has 0 aliphatic rings. The van der Waals surface area contributed by atoms with Crippen LogP contribution in [-0.2, 0) is 0 Å². The van der Waals surface area contributed by atoms with E-state index in [2.05, 4.69) is 68.0 Å². The molecule has 0 N–H and O–H groups in total. The van der Waals surface area contributed by atoms with Crippen LogP contribution in [0.3, 0.4) is 0 Å². The van der Waals surface area contributed by atoms with Gasteiger partial charge in [-0.3, -0.25) is 0 Å². The van der Waals surface area contributed by atoms with Gasteiger partial charge in [-0.25, -0.2) is 4.98 Å². The van der Waals surface area contributed by atoms with Crippen LogP contribution in [-0.4, -0.2) is 33.1 Å². The molecule has 2 aromatic heterocycles. The third-order valence-corrected chi connectivity index (χ3v) is 4.87. The van der Waals surface area contributed by atoms with Gasteiger partial charge in [-0.15, -0.1) is 5.10 Å². The van der Waals surface area contributed by atoms with Crippen LogP contribution < -0.4 is 4.90 Å². The van der Waals surface area contributed by atoms with Crippen molar-refractivity contribution in [1.29, 1.82) is 0 Å². The van der Waals surface area contributed by atoms with Gasteiger partial charge in [0, 0.05) is 18.8 Å². The molecule has 138 valence electrons. The number of nitrogens with zero attached hydrogens (tertiary/aromatic N) is 5. The van der Waals surface area contributed by atoms with E-state index in [1.807, 2.05) is 11.6 Å². The standard InChI is InChI=1S/C21H29N5/c1-7-9-10-25(8-2)18-13-17(6)22-21-19(18)23-24-26(21)20-15(4)11-14(3)12-16(20)5/h11-13H,7-10H2,1-6H3. The number of anilines is 1. The van der Waals surface area contributed by atoms with Crippen LogP contribution in [0, 0.1) is 27.7 Å². The van der Waals surface area contributed by atoms with E-state index in [1.165, 1.54) is 29.5 Å². The first-order valence-electron chi connectivity index (χ1n) is 9.52. The summed E-state index contributed by atoms with van der Waals surface area (Å²) in [6.45, 7) is 14.8. The third-order valence-electron chi connectivity index (χ3n) is 4.87. The van der Waals surface area contributed by atoms with E-state index in [9.17, 15) is 0 Å². The summed E-state index contributed by atoms with van der Waals surface area (Å²) in [6.07, 6.45) is 2.35. The molecule has 0 aliphatic heterocycles. The summed E-state index contributed by atoms with van der Waals surface area (Å²) in [7, 11) is 0. The normalized spacial score (nSPS) is 11.3. The minimum atomic E-state index is 0.838. The van der Waals surface area contributed by atoms with Gasteiger partial charge in [-0.05, 0) is 58.2 Å². The van der Waals surface area contributed by atoms with E-state index in [1.54, 1.807) is 0 Å². The highest BCUT2D eigenvalue weighted by Gasteiger charge is 2.18. The molecule has 0 bridgehead atoms. The predicted molar refractivity (Wildman–Crippen MR) is 108 cm³/mol. The molecular weight excluding hydrogens is 322 g/mol. The van der Waals surface area contributed by atoms with Crippen LogP contribution in [0.4, 0.5) is 5.69 Å². The van der Waals surface area contributed by atoms with Crippen molar-refractivity contribution in [3.8, 4) is 5.69 Å². The fourth-order valence-corrected chi connectivity index (χ4v) is 3.70. The Labute approximate surface area is 156 Å². The van der Waals surface area contributed by atoms with Crippen molar-refractivity contribution in [2.45, 2.75) is 54.4 Å².